The lowest BCUT2D eigenvalue weighted by Gasteiger charge is -2.11. The quantitative estimate of drug-likeness (QED) is 0.352. The topological polar surface area (TPSA) is 12.0 Å². The number of hydrogen-bond acceptors (Lipinski definition) is 3. The van der Waals surface area contributed by atoms with E-state index in [0.717, 1.165) is 11.4 Å². The second-order valence-electron chi connectivity index (χ2n) is 6.46. The van der Waals surface area contributed by atoms with E-state index in [9.17, 15) is 0 Å². The third-order valence-electron chi connectivity index (χ3n) is 4.27. The molecule has 0 radical (unpaired) electrons. The van der Waals surface area contributed by atoms with Crippen LogP contribution in [0.1, 0.15) is 5.56 Å². The van der Waals surface area contributed by atoms with Gasteiger partial charge in [0.15, 0.2) is 0 Å². The second kappa shape index (κ2) is 9.05. The number of anilines is 2. The van der Waals surface area contributed by atoms with Gasteiger partial charge in [-0.15, -0.1) is 0 Å². The van der Waals surface area contributed by atoms with Gasteiger partial charge in [-0.05, 0) is 79.2 Å². The molecular weight excluding hydrogens is 378 g/mol. The number of hydrogen-bond donors (Lipinski definition) is 1. The lowest BCUT2D eigenvalue weighted by atomic mass is 10.2. The number of benzene rings is 4. The first-order chi connectivity index (χ1) is 13.8. The van der Waals surface area contributed by atoms with Gasteiger partial charge >= 0.3 is 0 Å². The zero-order valence-electron chi connectivity index (χ0n) is 15.6. The number of aryl methyl sites for hydroxylation is 1. The maximum absolute atomic E-state index is 3.51. The maximum atomic E-state index is 3.51. The fourth-order valence-electron chi connectivity index (χ4n) is 2.85. The van der Waals surface area contributed by atoms with Crippen molar-refractivity contribution in [2.45, 2.75) is 26.5 Å². The van der Waals surface area contributed by atoms with Gasteiger partial charge < -0.3 is 5.32 Å². The summed E-state index contributed by atoms with van der Waals surface area (Å²) >= 11 is 3.58. The normalized spacial score (nSPS) is 10.6. The van der Waals surface area contributed by atoms with Gasteiger partial charge in [0.05, 0.1) is 0 Å². The van der Waals surface area contributed by atoms with Crippen LogP contribution in [0.5, 0.6) is 0 Å². The molecule has 1 N–H and O–H groups in total. The fraction of sp³-hybridized carbons (Fsp3) is 0.0400. The van der Waals surface area contributed by atoms with Crippen LogP contribution in [-0.2, 0) is 0 Å². The molecule has 0 aliphatic carbocycles. The average molecular weight is 400 g/mol. The molecule has 0 aliphatic heterocycles. The van der Waals surface area contributed by atoms with Crippen LogP contribution in [0.15, 0.2) is 123 Å². The van der Waals surface area contributed by atoms with Gasteiger partial charge in [0.1, 0.15) is 0 Å². The molecule has 0 unspecified atom stereocenters. The zero-order chi connectivity index (χ0) is 19.2. The molecular formula is C25H21NS2. The summed E-state index contributed by atoms with van der Waals surface area (Å²) in [6.07, 6.45) is 0. The van der Waals surface area contributed by atoms with Crippen LogP contribution in [0.3, 0.4) is 0 Å². The first-order valence-electron chi connectivity index (χ1n) is 9.20. The summed E-state index contributed by atoms with van der Waals surface area (Å²) in [4.78, 5) is 5.04. The Morgan fingerprint density at radius 1 is 0.536 bits per heavy atom. The van der Waals surface area contributed by atoms with E-state index in [2.05, 4.69) is 103 Å². The van der Waals surface area contributed by atoms with E-state index in [1.165, 1.54) is 25.1 Å². The largest absolute Gasteiger partial charge is 0.356 e. The van der Waals surface area contributed by atoms with Crippen LogP contribution in [0, 0.1) is 6.92 Å². The molecule has 3 heteroatoms. The molecule has 0 bridgehead atoms. The molecule has 4 rings (SSSR count). The van der Waals surface area contributed by atoms with E-state index in [0.29, 0.717) is 0 Å². The molecule has 0 aliphatic rings. The monoisotopic (exact) mass is 399 g/mol. The highest BCUT2D eigenvalue weighted by Gasteiger charge is 2.04. The Morgan fingerprint density at radius 3 is 1.68 bits per heavy atom. The molecule has 0 amide bonds. The smallest absolute Gasteiger partial charge is 0.0387 e. The highest BCUT2D eigenvalue weighted by molar-refractivity contribution is 7.99. The lowest BCUT2D eigenvalue weighted by Crippen LogP contribution is -1.91. The Morgan fingerprint density at radius 2 is 1.07 bits per heavy atom. The van der Waals surface area contributed by atoms with Crippen molar-refractivity contribution in [3.8, 4) is 0 Å². The van der Waals surface area contributed by atoms with Crippen molar-refractivity contribution in [3.05, 3.63) is 109 Å². The summed E-state index contributed by atoms with van der Waals surface area (Å²) in [6, 6.07) is 36.1. The standard InChI is InChI=1S/C25H21NS2/c1-19-18-21(14-17-25(19)28-23-10-6-3-7-11-23)26-20-12-15-24(16-13-20)27-22-8-4-2-5-9-22/h2-18,26H,1H3. The van der Waals surface area contributed by atoms with E-state index in [4.69, 9.17) is 0 Å². The summed E-state index contributed by atoms with van der Waals surface area (Å²) < 4.78 is 0. The van der Waals surface area contributed by atoms with Crippen LogP contribution in [0.2, 0.25) is 0 Å². The van der Waals surface area contributed by atoms with Crippen molar-refractivity contribution < 1.29 is 0 Å². The fourth-order valence-corrected chi connectivity index (χ4v) is 4.60. The Hall–Kier alpha value is -2.62. The highest BCUT2D eigenvalue weighted by Crippen LogP contribution is 2.33. The molecule has 138 valence electrons. The van der Waals surface area contributed by atoms with Gasteiger partial charge in [-0.25, -0.2) is 0 Å². The number of nitrogens with one attached hydrogen (secondary N) is 1. The Bertz CT molecular complexity index is 1030. The molecule has 0 spiro atoms. The van der Waals surface area contributed by atoms with Gasteiger partial charge in [0, 0.05) is 31.0 Å². The first-order valence-corrected chi connectivity index (χ1v) is 10.8. The van der Waals surface area contributed by atoms with Crippen molar-refractivity contribution in [2.75, 3.05) is 5.32 Å². The Balaban J connectivity index is 1.42. The summed E-state index contributed by atoms with van der Waals surface area (Å²) in [5.74, 6) is 0. The van der Waals surface area contributed by atoms with E-state index >= 15 is 0 Å². The minimum absolute atomic E-state index is 1.10. The molecule has 0 heterocycles. The van der Waals surface area contributed by atoms with Crippen molar-refractivity contribution in [1.82, 2.24) is 0 Å². The molecule has 0 atom stereocenters. The minimum Gasteiger partial charge on any atom is -0.356 e. The van der Waals surface area contributed by atoms with E-state index in [1.807, 2.05) is 12.1 Å². The van der Waals surface area contributed by atoms with Crippen molar-refractivity contribution in [3.63, 3.8) is 0 Å². The third kappa shape index (κ3) is 5.00. The predicted octanol–water partition coefficient (Wildman–Crippen LogP) is 8.04. The molecule has 1 nitrogen and oxygen atoms in total. The summed E-state index contributed by atoms with van der Waals surface area (Å²) in [6.45, 7) is 2.16. The molecule has 0 saturated heterocycles. The summed E-state index contributed by atoms with van der Waals surface area (Å²) in [7, 11) is 0. The van der Waals surface area contributed by atoms with Gasteiger partial charge in [0.25, 0.3) is 0 Å². The molecule has 28 heavy (non-hydrogen) atoms. The Labute approximate surface area is 175 Å². The van der Waals surface area contributed by atoms with Gasteiger partial charge in [0.2, 0.25) is 0 Å². The number of rotatable bonds is 6. The average Bonchev–Trinajstić information content (AvgIpc) is 2.73. The van der Waals surface area contributed by atoms with E-state index in [-0.39, 0.29) is 0 Å². The van der Waals surface area contributed by atoms with Crippen LogP contribution in [0.25, 0.3) is 0 Å². The minimum atomic E-state index is 1.10. The van der Waals surface area contributed by atoms with Gasteiger partial charge in [-0.2, -0.15) is 0 Å². The third-order valence-corrected chi connectivity index (χ3v) is 6.47. The van der Waals surface area contributed by atoms with Crippen LogP contribution in [-0.4, -0.2) is 0 Å². The summed E-state index contributed by atoms with van der Waals surface area (Å²) in [5.41, 5.74) is 3.48. The van der Waals surface area contributed by atoms with Crippen LogP contribution < -0.4 is 5.32 Å². The zero-order valence-corrected chi connectivity index (χ0v) is 17.3. The molecule has 4 aromatic carbocycles. The predicted molar refractivity (Wildman–Crippen MR) is 122 cm³/mol. The van der Waals surface area contributed by atoms with Gasteiger partial charge in [-0.1, -0.05) is 59.9 Å². The second-order valence-corrected chi connectivity index (χ2v) is 8.72. The molecule has 0 aromatic heterocycles. The van der Waals surface area contributed by atoms with Crippen molar-refractivity contribution in [2.24, 2.45) is 0 Å². The Kier molecular flexibility index (Phi) is 6.05. The SMILES string of the molecule is Cc1cc(Nc2ccc(Sc3ccccc3)cc2)ccc1Sc1ccccc1. The lowest BCUT2D eigenvalue weighted by molar-refractivity contribution is 1.29. The highest BCUT2D eigenvalue weighted by atomic mass is 32.2. The van der Waals surface area contributed by atoms with Crippen molar-refractivity contribution >= 4 is 34.9 Å². The molecule has 4 aromatic rings. The summed E-state index contributed by atoms with van der Waals surface area (Å²) in [5, 5.41) is 3.51. The van der Waals surface area contributed by atoms with Crippen LogP contribution >= 0.6 is 23.5 Å². The first kappa shape index (κ1) is 18.7. The van der Waals surface area contributed by atoms with Crippen molar-refractivity contribution in [1.29, 1.82) is 0 Å². The molecule has 0 fully saturated rings. The van der Waals surface area contributed by atoms with Gasteiger partial charge in [-0.3, -0.25) is 0 Å². The molecule has 0 saturated carbocycles. The maximum Gasteiger partial charge on any atom is 0.0387 e. The van der Waals surface area contributed by atoms with E-state index < -0.39 is 0 Å². The van der Waals surface area contributed by atoms with Crippen LogP contribution in [0.4, 0.5) is 11.4 Å². The van der Waals surface area contributed by atoms with E-state index in [1.54, 1.807) is 23.5 Å².